The third kappa shape index (κ3) is 5.05. The first-order chi connectivity index (χ1) is 10.5. The summed E-state index contributed by atoms with van der Waals surface area (Å²) >= 11 is 0. The Morgan fingerprint density at radius 1 is 1.23 bits per heavy atom. The number of carbonyl (C=O) groups excluding carboxylic acids is 1. The van der Waals surface area contributed by atoms with Crippen LogP contribution in [0.3, 0.4) is 0 Å². The fraction of sp³-hybridized carbons (Fsp3) is 0.667. The van der Waals surface area contributed by atoms with Gasteiger partial charge in [0.05, 0.1) is 18.8 Å². The third-order valence-electron chi connectivity index (χ3n) is 3.25. The maximum Gasteiger partial charge on any atom is 0.241 e. The van der Waals surface area contributed by atoms with E-state index in [4.69, 9.17) is 4.52 Å². The van der Waals surface area contributed by atoms with Crippen LogP contribution < -0.4 is 10.6 Å². The van der Waals surface area contributed by atoms with Crippen LogP contribution in [0.4, 0.5) is 0 Å². The molecule has 0 atom stereocenters. The highest BCUT2D eigenvalue weighted by Crippen LogP contribution is 2.16. The van der Waals surface area contributed by atoms with Gasteiger partial charge in [-0.1, -0.05) is 19.0 Å². The van der Waals surface area contributed by atoms with Crippen LogP contribution in [0.1, 0.15) is 37.8 Å². The first-order valence-corrected chi connectivity index (χ1v) is 7.71. The Morgan fingerprint density at radius 3 is 2.50 bits per heavy atom. The second kappa shape index (κ2) is 9.07. The Labute approximate surface area is 132 Å². The highest BCUT2D eigenvalue weighted by molar-refractivity contribution is 5.86. The summed E-state index contributed by atoms with van der Waals surface area (Å²) in [6.07, 6.45) is 1.61. The monoisotopic (exact) mass is 309 g/mol. The van der Waals surface area contributed by atoms with Gasteiger partial charge in [-0.3, -0.25) is 4.79 Å². The molecule has 0 radical (unpaired) electrons. The summed E-state index contributed by atoms with van der Waals surface area (Å²) in [4.78, 5) is 17.7. The van der Waals surface area contributed by atoms with Crippen LogP contribution in [0.5, 0.6) is 0 Å². The lowest BCUT2D eigenvalue weighted by molar-refractivity contribution is -0.127. The van der Waals surface area contributed by atoms with Gasteiger partial charge >= 0.3 is 0 Å². The zero-order valence-electron chi connectivity index (χ0n) is 14.2. The molecular weight excluding hydrogens is 282 g/mol. The third-order valence-corrected chi connectivity index (χ3v) is 3.25. The van der Waals surface area contributed by atoms with E-state index in [1.807, 2.05) is 20.8 Å². The van der Waals surface area contributed by atoms with Crippen LogP contribution >= 0.6 is 0 Å². The van der Waals surface area contributed by atoms with Gasteiger partial charge in [-0.25, -0.2) is 4.99 Å². The van der Waals surface area contributed by atoms with Crippen molar-refractivity contribution in [2.75, 3.05) is 27.2 Å². The van der Waals surface area contributed by atoms with E-state index in [-0.39, 0.29) is 12.5 Å². The van der Waals surface area contributed by atoms with Crippen molar-refractivity contribution in [3.05, 3.63) is 17.0 Å². The van der Waals surface area contributed by atoms with Crippen LogP contribution in [0.2, 0.25) is 0 Å². The maximum absolute atomic E-state index is 11.6. The molecule has 1 aromatic rings. The zero-order chi connectivity index (χ0) is 16.5. The minimum absolute atomic E-state index is 0.000856. The number of amides is 1. The fourth-order valence-corrected chi connectivity index (χ4v) is 1.93. The van der Waals surface area contributed by atoms with Crippen molar-refractivity contribution < 1.29 is 9.32 Å². The molecule has 22 heavy (non-hydrogen) atoms. The molecule has 0 aliphatic carbocycles. The van der Waals surface area contributed by atoms with Crippen molar-refractivity contribution in [3.8, 4) is 0 Å². The van der Waals surface area contributed by atoms with Crippen LogP contribution in [0, 0.1) is 0 Å². The van der Waals surface area contributed by atoms with Gasteiger partial charge in [0, 0.05) is 32.6 Å². The predicted molar refractivity (Wildman–Crippen MR) is 86.8 cm³/mol. The number of rotatable bonds is 7. The lowest BCUT2D eigenvalue weighted by atomic mass is 10.1. The van der Waals surface area contributed by atoms with Crippen LogP contribution in [0.15, 0.2) is 9.52 Å². The second-order valence-electron chi connectivity index (χ2n) is 5.07. The highest BCUT2D eigenvalue weighted by atomic mass is 16.5. The summed E-state index contributed by atoms with van der Waals surface area (Å²) < 4.78 is 5.34. The van der Waals surface area contributed by atoms with E-state index in [0.29, 0.717) is 12.5 Å². The van der Waals surface area contributed by atoms with Gasteiger partial charge in [0.25, 0.3) is 0 Å². The molecule has 0 spiro atoms. The van der Waals surface area contributed by atoms with E-state index < -0.39 is 0 Å². The Balaban J connectivity index is 2.77. The molecule has 1 rings (SSSR count). The molecule has 0 saturated carbocycles. The van der Waals surface area contributed by atoms with Crippen LogP contribution in [0.25, 0.3) is 0 Å². The Bertz CT molecular complexity index is 487. The molecular formula is C15H27N5O2. The lowest BCUT2D eigenvalue weighted by Gasteiger charge is -2.14. The standard InChI is InChI=1S/C15H27N5O2/c1-6-12-11(13(7-2)22-19-12)9-17-15(16-8-3)18-10-14(21)20(4)5/h6-10H2,1-5H3,(H2,16,17,18). The van der Waals surface area contributed by atoms with Gasteiger partial charge < -0.3 is 20.1 Å². The quantitative estimate of drug-likeness (QED) is 0.579. The summed E-state index contributed by atoms with van der Waals surface area (Å²) in [5, 5.41) is 10.2. The van der Waals surface area contributed by atoms with E-state index in [2.05, 4.69) is 20.8 Å². The van der Waals surface area contributed by atoms with Gasteiger partial charge in [0.15, 0.2) is 5.96 Å². The smallest absolute Gasteiger partial charge is 0.241 e. The minimum atomic E-state index is -0.000856. The van der Waals surface area contributed by atoms with Crippen LogP contribution in [-0.2, 0) is 24.2 Å². The molecule has 2 N–H and O–H groups in total. The van der Waals surface area contributed by atoms with Gasteiger partial charge in [-0.05, 0) is 13.3 Å². The van der Waals surface area contributed by atoms with E-state index in [1.165, 1.54) is 0 Å². The summed E-state index contributed by atoms with van der Waals surface area (Å²) in [6, 6.07) is 0. The molecule has 0 bridgehead atoms. The Kier molecular flexibility index (Phi) is 7.42. The van der Waals surface area contributed by atoms with E-state index >= 15 is 0 Å². The van der Waals surface area contributed by atoms with Crippen molar-refractivity contribution in [1.82, 2.24) is 20.7 Å². The number of hydrogen-bond donors (Lipinski definition) is 2. The molecule has 1 amide bonds. The SMILES string of the molecule is CCNC(=NCc1c(CC)noc1CC)NCC(=O)N(C)C. The van der Waals surface area contributed by atoms with Gasteiger partial charge in [0.2, 0.25) is 5.91 Å². The number of aromatic nitrogens is 1. The molecule has 7 nitrogen and oxygen atoms in total. The summed E-state index contributed by atoms with van der Waals surface area (Å²) in [5.41, 5.74) is 1.99. The van der Waals surface area contributed by atoms with Crippen molar-refractivity contribution in [2.45, 2.75) is 40.2 Å². The summed E-state index contributed by atoms with van der Waals surface area (Å²) in [5.74, 6) is 1.49. The fourth-order valence-electron chi connectivity index (χ4n) is 1.93. The highest BCUT2D eigenvalue weighted by Gasteiger charge is 2.13. The molecule has 0 fully saturated rings. The summed E-state index contributed by atoms with van der Waals surface area (Å²) in [6.45, 7) is 7.49. The number of nitrogens with zero attached hydrogens (tertiary/aromatic N) is 3. The lowest BCUT2D eigenvalue weighted by Crippen LogP contribution is -2.42. The number of carbonyl (C=O) groups is 1. The number of guanidine groups is 1. The molecule has 1 heterocycles. The number of aliphatic imine (C=N–C) groups is 1. The molecule has 0 saturated heterocycles. The second-order valence-corrected chi connectivity index (χ2v) is 5.07. The van der Waals surface area contributed by atoms with Crippen molar-refractivity contribution in [1.29, 1.82) is 0 Å². The number of nitrogens with one attached hydrogen (secondary N) is 2. The van der Waals surface area contributed by atoms with Gasteiger partial charge in [-0.15, -0.1) is 0 Å². The van der Waals surface area contributed by atoms with E-state index in [9.17, 15) is 4.79 Å². The van der Waals surface area contributed by atoms with Crippen molar-refractivity contribution >= 4 is 11.9 Å². The number of aryl methyl sites for hydroxylation is 2. The molecule has 0 aliphatic heterocycles. The van der Waals surface area contributed by atoms with Crippen LogP contribution in [-0.4, -0.2) is 49.1 Å². The molecule has 1 aromatic heterocycles. The first kappa shape index (κ1) is 18.0. The Morgan fingerprint density at radius 2 is 1.95 bits per heavy atom. The van der Waals surface area contributed by atoms with E-state index in [0.717, 1.165) is 36.4 Å². The topological polar surface area (TPSA) is 82.8 Å². The average Bonchev–Trinajstić information content (AvgIpc) is 2.91. The zero-order valence-corrected chi connectivity index (χ0v) is 14.2. The average molecular weight is 309 g/mol. The predicted octanol–water partition coefficient (Wildman–Crippen LogP) is 0.943. The van der Waals surface area contributed by atoms with E-state index in [1.54, 1.807) is 19.0 Å². The first-order valence-electron chi connectivity index (χ1n) is 7.71. The number of likely N-dealkylation sites (N-methyl/N-ethyl adjacent to an activating group) is 1. The maximum atomic E-state index is 11.6. The minimum Gasteiger partial charge on any atom is -0.361 e. The Hall–Kier alpha value is -2.05. The normalized spacial score (nSPS) is 11.4. The number of hydrogen-bond acceptors (Lipinski definition) is 4. The van der Waals surface area contributed by atoms with Gasteiger partial charge in [-0.2, -0.15) is 0 Å². The summed E-state index contributed by atoms with van der Waals surface area (Å²) in [7, 11) is 3.46. The van der Waals surface area contributed by atoms with Crippen molar-refractivity contribution in [3.63, 3.8) is 0 Å². The van der Waals surface area contributed by atoms with Gasteiger partial charge in [0.1, 0.15) is 5.76 Å². The molecule has 7 heteroatoms. The molecule has 0 aliphatic rings. The molecule has 124 valence electrons. The largest absolute Gasteiger partial charge is 0.361 e. The molecule has 0 unspecified atom stereocenters. The van der Waals surface area contributed by atoms with Crippen molar-refractivity contribution in [2.24, 2.45) is 4.99 Å². The molecule has 0 aromatic carbocycles.